The number of hydrogen-bond acceptors (Lipinski definition) is 3. The second-order valence-electron chi connectivity index (χ2n) is 6.58. The summed E-state index contributed by atoms with van der Waals surface area (Å²) in [6.45, 7) is 0. The molecule has 142 valence electrons. The van der Waals surface area contributed by atoms with Crippen molar-refractivity contribution < 1.29 is 18.3 Å². The van der Waals surface area contributed by atoms with Crippen molar-refractivity contribution in [3.63, 3.8) is 0 Å². The summed E-state index contributed by atoms with van der Waals surface area (Å²) in [6.07, 6.45) is 1.75. The number of fused-ring (bicyclic) bond motifs is 2. The van der Waals surface area contributed by atoms with Crippen molar-refractivity contribution in [3.05, 3.63) is 78.5 Å². The van der Waals surface area contributed by atoms with Crippen molar-refractivity contribution in [2.24, 2.45) is 0 Å². The molecule has 3 N–H and O–H groups in total. The summed E-state index contributed by atoms with van der Waals surface area (Å²) in [7, 11) is -3.99. The maximum absolute atomic E-state index is 12.8. The highest BCUT2D eigenvalue weighted by Gasteiger charge is 2.26. The summed E-state index contributed by atoms with van der Waals surface area (Å²) in [5.41, 5.74) is 1.61. The number of rotatable bonds is 6. The van der Waals surface area contributed by atoms with Crippen LogP contribution in [-0.2, 0) is 21.2 Å². The number of aliphatic carboxylic acids is 1. The number of sulfonamides is 1. The largest absolute Gasteiger partial charge is 0.480 e. The molecule has 0 bridgehead atoms. The Balaban J connectivity index is 1.63. The third-order valence-corrected chi connectivity index (χ3v) is 6.20. The van der Waals surface area contributed by atoms with Crippen molar-refractivity contribution in [2.45, 2.75) is 17.4 Å². The van der Waals surface area contributed by atoms with Crippen LogP contribution in [0.2, 0.25) is 0 Å². The molecule has 4 aromatic rings. The van der Waals surface area contributed by atoms with Gasteiger partial charge in [-0.25, -0.2) is 8.42 Å². The van der Waals surface area contributed by atoms with E-state index >= 15 is 0 Å². The molecule has 0 aliphatic rings. The molecule has 6 nitrogen and oxygen atoms in total. The third kappa shape index (κ3) is 3.49. The van der Waals surface area contributed by atoms with E-state index in [-0.39, 0.29) is 11.3 Å². The smallest absolute Gasteiger partial charge is 0.322 e. The van der Waals surface area contributed by atoms with Gasteiger partial charge in [0, 0.05) is 23.5 Å². The van der Waals surface area contributed by atoms with Crippen LogP contribution in [0.15, 0.2) is 77.8 Å². The highest BCUT2D eigenvalue weighted by Crippen LogP contribution is 2.21. The molecule has 1 unspecified atom stereocenters. The molecule has 7 heteroatoms. The molecule has 4 rings (SSSR count). The topological polar surface area (TPSA) is 99.3 Å². The van der Waals surface area contributed by atoms with Gasteiger partial charge in [-0.15, -0.1) is 0 Å². The third-order valence-electron chi connectivity index (χ3n) is 4.73. The quantitative estimate of drug-likeness (QED) is 0.467. The van der Waals surface area contributed by atoms with Crippen molar-refractivity contribution in [3.8, 4) is 0 Å². The van der Waals surface area contributed by atoms with Gasteiger partial charge in [0.05, 0.1) is 4.90 Å². The van der Waals surface area contributed by atoms with Gasteiger partial charge in [-0.05, 0) is 34.5 Å². The number of carboxylic acid groups (broad SMARTS) is 1. The van der Waals surface area contributed by atoms with E-state index in [4.69, 9.17) is 0 Å². The second kappa shape index (κ2) is 7.10. The van der Waals surface area contributed by atoms with Crippen LogP contribution in [-0.4, -0.2) is 30.5 Å². The number of carboxylic acids is 1. The van der Waals surface area contributed by atoms with Crippen molar-refractivity contribution in [2.75, 3.05) is 0 Å². The summed E-state index contributed by atoms with van der Waals surface area (Å²) < 4.78 is 27.9. The molecule has 0 spiro atoms. The first kappa shape index (κ1) is 18.2. The van der Waals surface area contributed by atoms with Crippen LogP contribution in [0.25, 0.3) is 21.7 Å². The van der Waals surface area contributed by atoms with Crippen LogP contribution in [0.5, 0.6) is 0 Å². The number of benzene rings is 3. The molecular weight excluding hydrogens is 376 g/mol. The van der Waals surface area contributed by atoms with E-state index in [0.717, 1.165) is 27.2 Å². The van der Waals surface area contributed by atoms with Crippen molar-refractivity contribution in [1.82, 2.24) is 9.71 Å². The van der Waals surface area contributed by atoms with E-state index in [1.807, 2.05) is 48.5 Å². The SMILES string of the molecule is O=C(O)C(Cc1c[nH]c2ccccc12)NS(=O)(=O)c1ccc2ccccc2c1. The highest BCUT2D eigenvalue weighted by atomic mass is 32.2. The average Bonchev–Trinajstić information content (AvgIpc) is 3.10. The minimum Gasteiger partial charge on any atom is -0.480 e. The monoisotopic (exact) mass is 394 g/mol. The molecule has 0 radical (unpaired) electrons. The average molecular weight is 394 g/mol. The van der Waals surface area contributed by atoms with E-state index in [1.165, 1.54) is 6.07 Å². The standard InChI is InChI=1S/C21H18N2O4S/c24-21(25)20(12-16-13-22-19-8-4-3-7-18(16)19)23-28(26,27)17-10-9-14-5-1-2-6-15(14)11-17/h1-11,13,20,22-23H,12H2,(H,24,25). The Hall–Kier alpha value is -3.16. The van der Waals surface area contributed by atoms with Crippen LogP contribution in [0.3, 0.4) is 0 Å². The minimum absolute atomic E-state index is 0.0339. The highest BCUT2D eigenvalue weighted by molar-refractivity contribution is 7.89. The van der Waals surface area contributed by atoms with Gasteiger partial charge in [-0.1, -0.05) is 48.5 Å². The molecule has 3 aromatic carbocycles. The number of nitrogens with one attached hydrogen (secondary N) is 2. The fourth-order valence-electron chi connectivity index (χ4n) is 3.29. The lowest BCUT2D eigenvalue weighted by Crippen LogP contribution is -2.42. The van der Waals surface area contributed by atoms with Gasteiger partial charge in [0.15, 0.2) is 0 Å². The molecule has 28 heavy (non-hydrogen) atoms. The molecule has 0 aliphatic carbocycles. The summed E-state index contributed by atoms with van der Waals surface area (Å²) in [5, 5.41) is 12.1. The normalized spacial score (nSPS) is 13.0. The van der Waals surface area contributed by atoms with Crippen LogP contribution >= 0.6 is 0 Å². The summed E-state index contributed by atoms with van der Waals surface area (Å²) >= 11 is 0. The molecule has 0 amide bonds. The number of hydrogen-bond donors (Lipinski definition) is 3. The molecule has 1 atom stereocenters. The number of aromatic nitrogens is 1. The lowest BCUT2D eigenvalue weighted by molar-refractivity contribution is -0.138. The van der Waals surface area contributed by atoms with E-state index in [2.05, 4.69) is 9.71 Å². The number of H-pyrrole nitrogens is 1. The molecule has 1 aromatic heterocycles. The van der Waals surface area contributed by atoms with Crippen LogP contribution in [0.4, 0.5) is 0 Å². The Bertz CT molecular complexity index is 1280. The zero-order valence-corrected chi connectivity index (χ0v) is 15.6. The lowest BCUT2D eigenvalue weighted by Gasteiger charge is -2.15. The summed E-state index contributed by atoms with van der Waals surface area (Å²) in [5.74, 6) is -1.23. The molecule has 0 saturated heterocycles. The number of aromatic amines is 1. The van der Waals surface area contributed by atoms with Crippen LogP contribution in [0.1, 0.15) is 5.56 Å². The second-order valence-corrected chi connectivity index (χ2v) is 8.30. The van der Waals surface area contributed by atoms with Gasteiger partial charge in [-0.2, -0.15) is 4.72 Å². The first-order valence-electron chi connectivity index (χ1n) is 8.73. The van der Waals surface area contributed by atoms with Gasteiger partial charge in [0.2, 0.25) is 10.0 Å². The fraction of sp³-hybridized carbons (Fsp3) is 0.0952. The van der Waals surface area contributed by atoms with Crippen LogP contribution < -0.4 is 4.72 Å². The predicted molar refractivity (Wildman–Crippen MR) is 108 cm³/mol. The van der Waals surface area contributed by atoms with Gasteiger partial charge < -0.3 is 10.1 Å². The zero-order valence-electron chi connectivity index (χ0n) is 14.8. The van der Waals surface area contributed by atoms with Crippen LogP contribution in [0, 0.1) is 0 Å². The summed E-state index contributed by atoms with van der Waals surface area (Å²) in [4.78, 5) is 14.9. The van der Waals surface area contributed by atoms with Gasteiger partial charge in [0.1, 0.15) is 6.04 Å². The Kier molecular flexibility index (Phi) is 4.62. The Morgan fingerprint density at radius 3 is 2.50 bits per heavy atom. The van der Waals surface area contributed by atoms with E-state index in [9.17, 15) is 18.3 Å². The lowest BCUT2D eigenvalue weighted by atomic mass is 10.1. The van der Waals surface area contributed by atoms with Gasteiger partial charge in [-0.3, -0.25) is 4.79 Å². The molecule has 1 heterocycles. The molecular formula is C21H18N2O4S. The Labute approximate surface area is 161 Å². The Morgan fingerprint density at radius 1 is 1.00 bits per heavy atom. The van der Waals surface area contributed by atoms with Gasteiger partial charge in [0.25, 0.3) is 0 Å². The maximum Gasteiger partial charge on any atom is 0.322 e. The van der Waals surface area contributed by atoms with Crippen molar-refractivity contribution in [1.29, 1.82) is 0 Å². The minimum atomic E-state index is -3.99. The van der Waals surface area contributed by atoms with Crippen molar-refractivity contribution >= 4 is 37.7 Å². The first-order valence-corrected chi connectivity index (χ1v) is 10.2. The number of para-hydroxylation sites is 1. The number of carbonyl (C=O) groups is 1. The molecule has 0 fully saturated rings. The van der Waals surface area contributed by atoms with Gasteiger partial charge >= 0.3 is 5.97 Å². The maximum atomic E-state index is 12.8. The van der Waals surface area contributed by atoms with E-state index < -0.39 is 22.0 Å². The predicted octanol–water partition coefficient (Wildman–Crippen LogP) is 3.30. The van der Waals surface area contributed by atoms with E-state index in [1.54, 1.807) is 18.3 Å². The summed E-state index contributed by atoms with van der Waals surface area (Å²) in [6, 6.07) is 18.3. The molecule has 0 aliphatic heterocycles. The Morgan fingerprint density at radius 2 is 1.71 bits per heavy atom. The molecule has 0 saturated carbocycles. The zero-order chi connectivity index (χ0) is 19.7. The fourth-order valence-corrected chi connectivity index (χ4v) is 4.51. The first-order chi connectivity index (χ1) is 13.4. The van der Waals surface area contributed by atoms with E-state index in [0.29, 0.717) is 0 Å².